The van der Waals surface area contributed by atoms with Gasteiger partial charge in [-0.2, -0.15) is 0 Å². The van der Waals surface area contributed by atoms with Crippen molar-refractivity contribution in [2.24, 2.45) is 0 Å². The van der Waals surface area contributed by atoms with Crippen molar-refractivity contribution in [2.75, 3.05) is 31.5 Å². The number of carbonyl (C=O) groups excluding carboxylic acids is 2. The first-order valence-corrected chi connectivity index (χ1v) is 9.94. The van der Waals surface area contributed by atoms with Gasteiger partial charge in [-0.1, -0.05) is 18.2 Å². The highest BCUT2D eigenvalue weighted by atomic mass is 32.1. The van der Waals surface area contributed by atoms with E-state index in [-0.39, 0.29) is 18.2 Å². The maximum absolute atomic E-state index is 12.6. The molecule has 0 radical (unpaired) electrons. The Morgan fingerprint density at radius 3 is 2.50 bits per heavy atom. The van der Waals surface area contributed by atoms with E-state index < -0.39 is 0 Å². The van der Waals surface area contributed by atoms with E-state index in [0.29, 0.717) is 31.9 Å². The van der Waals surface area contributed by atoms with Crippen molar-refractivity contribution in [1.82, 2.24) is 14.8 Å². The molecule has 1 N–H and O–H groups in total. The normalized spacial score (nSPS) is 14.1. The molecule has 0 aliphatic carbocycles. The minimum Gasteiger partial charge on any atom is -0.459 e. The van der Waals surface area contributed by atoms with Crippen LogP contribution in [-0.4, -0.2) is 52.8 Å². The Kier molecular flexibility index (Phi) is 5.38. The van der Waals surface area contributed by atoms with Crippen LogP contribution < -0.4 is 5.32 Å². The van der Waals surface area contributed by atoms with E-state index >= 15 is 0 Å². The van der Waals surface area contributed by atoms with E-state index in [2.05, 4.69) is 10.3 Å². The number of nitrogens with zero attached hydrogens (tertiary/aromatic N) is 3. The second-order valence-electron chi connectivity index (χ2n) is 6.46. The van der Waals surface area contributed by atoms with E-state index in [1.165, 1.54) is 17.6 Å². The Bertz CT molecular complexity index is 932. The Morgan fingerprint density at radius 1 is 1.04 bits per heavy atom. The van der Waals surface area contributed by atoms with Gasteiger partial charge < -0.3 is 19.5 Å². The number of para-hydroxylation sites is 1. The van der Waals surface area contributed by atoms with Gasteiger partial charge in [0.25, 0.3) is 5.91 Å². The van der Waals surface area contributed by atoms with E-state index in [1.54, 1.807) is 21.9 Å². The minimum absolute atomic E-state index is 0.0293. The van der Waals surface area contributed by atoms with Gasteiger partial charge in [-0.15, -0.1) is 11.3 Å². The summed E-state index contributed by atoms with van der Waals surface area (Å²) in [4.78, 5) is 32.9. The molecule has 1 fully saturated rings. The zero-order valence-corrected chi connectivity index (χ0v) is 16.0. The summed E-state index contributed by atoms with van der Waals surface area (Å²) < 4.78 is 5.16. The van der Waals surface area contributed by atoms with Gasteiger partial charge in [0, 0.05) is 37.2 Å². The highest BCUT2D eigenvalue weighted by Gasteiger charge is 2.26. The topological polar surface area (TPSA) is 78.7 Å². The second kappa shape index (κ2) is 8.26. The molecule has 0 saturated carbocycles. The average Bonchev–Trinajstić information content (AvgIpc) is 3.41. The van der Waals surface area contributed by atoms with Crippen LogP contribution in [0.15, 0.2) is 58.5 Å². The molecule has 28 heavy (non-hydrogen) atoms. The van der Waals surface area contributed by atoms with Crippen molar-refractivity contribution in [3.05, 3.63) is 65.6 Å². The molecule has 1 aliphatic rings. The number of hydrogen-bond acceptors (Lipinski definition) is 6. The first kappa shape index (κ1) is 18.2. The number of carbonyl (C=O) groups is 2. The quantitative estimate of drug-likeness (QED) is 0.717. The third-order valence-electron chi connectivity index (χ3n) is 4.56. The minimum atomic E-state index is -0.131. The van der Waals surface area contributed by atoms with Gasteiger partial charge in [0.2, 0.25) is 5.91 Å². The Labute approximate surface area is 166 Å². The molecule has 144 valence electrons. The van der Waals surface area contributed by atoms with Crippen LogP contribution in [0.4, 0.5) is 10.8 Å². The fraction of sp³-hybridized carbons (Fsp3) is 0.250. The van der Waals surface area contributed by atoms with Crippen molar-refractivity contribution < 1.29 is 14.0 Å². The summed E-state index contributed by atoms with van der Waals surface area (Å²) in [7, 11) is 0. The maximum atomic E-state index is 12.6. The number of amides is 2. The van der Waals surface area contributed by atoms with E-state index in [0.717, 1.165) is 16.5 Å². The summed E-state index contributed by atoms with van der Waals surface area (Å²) >= 11 is 1.48. The fourth-order valence-electron chi connectivity index (χ4n) is 3.07. The molecule has 0 bridgehead atoms. The zero-order valence-electron chi connectivity index (χ0n) is 15.2. The van der Waals surface area contributed by atoms with Gasteiger partial charge in [-0.25, -0.2) is 4.98 Å². The summed E-state index contributed by atoms with van der Waals surface area (Å²) in [6.07, 6.45) is 1.75. The molecule has 7 nitrogen and oxygen atoms in total. The Balaban J connectivity index is 1.28. The number of benzene rings is 1. The molecule has 8 heteroatoms. The number of aromatic nitrogens is 1. The fourth-order valence-corrected chi connectivity index (χ4v) is 3.80. The molecule has 0 unspecified atom stereocenters. The number of rotatable bonds is 5. The molecular formula is C20H20N4O3S. The summed E-state index contributed by atoms with van der Waals surface area (Å²) in [6, 6.07) is 13.2. The van der Waals surface area contributed by atoms with Gasteiger partial charge in [-0.3, -0.25) is 9.59 Å². The number of thiazole rings is 1. The number of hydrogen-bond donors (Lipinski definition) is 1. The lowest BCUT2D eigenvalue weighted by atomic mass is 10.2. The van der Waals surface area contributed by atoms with Crippen LogP contribution in [0.25, 0.3) is 0 Å². The molecule has 2 aromatic heterocycles. The zero-order chi connectivity index (χ0) is 19.3. The van der Waals surface area contributed by atoms with Gasteiger partial charge in [0.05, 0.1) is 18.4 Å². The molecule has 3 aromatic rings. The SMILES string of the molecule is O=C(Cc1csc(Nc2ccccc2)n1)N1CCN(C(=O)c2ccco2)CC1. The monoisotopic (exact) mass is 396 g/mol. The van der Waals surface area contributed by atoms with Crippen LogP contribution in [-0.2, 0) is 11.2 Å². The predicted molar refractivity (Wildman–Crippen MR) is 107 cm³/mol. The molecule has 0 atom stereocenters. The maximum Gasteiger partial charge on any atom is 0.289 e. The molecule has 2 amide bonds. The standard InChI is InChI=1S/C20H20N4O3S/c25-18(13-16-14-28-20(22-16)21-15-5-2-1-3-6-15)23-8-10-24(11-9-23)19(26)17-7-4-12-27-17/h1-7,12,14H,8-11,13H2,(H,21,22). The number of furan rings is 1. The highest BCUT2D eigenvalue weighted by molar-refractivity contribution is 7.13. The van der Waals surface area contributed by atoms with Crippen LogP contribution >= 0.6 is 11.3 Å². The van der Waals surface area contributed by atoms with Crippen molar-refractivity contribution in [1.29, 1.82) is 0 Å². The van der Waals surface area contributed by atoms with E-state index in [4.69, 9.17) is 4.42 Å². The first-order valence-electron chi connectivity index (χ1n) is 9.06. The smallest absolute Gasteiger partial charge is 0.289 e. The summed E-state index contributed by atoms with van der Waals surface area (Å²) in [6.45, 7) is 2.04. The third kappa shape index (κ3) is 4.23. The third-order valence-corrected chi connectivity index (χ3v) is 5.37. The summed E-state index contributed by atoms with van der Waals surface area (Å²) in [5.41, 5.74) is 1.72. The van der Waals surface area contributed by atoms with E-state index in [9.17, 15) is 9.59 Å². The number of nitrogens with one attached hydrogen (secondary N) is 1. The second-order valence-corrected chi connectivity index (χ2v) is 7.32. The van der Waals surface area contributed by atoms with Crippen molar-refractivity contribution in [3.8, 4) is 0 Å². The van der Waals surface area contributed by atoms with Crippen molar-refractivity contribution in [2.45, 2.75) is 6.42 Å². The Morgan fingerprint density at radius 2 is 1.79 bits per heavy atom. The molecule has 1 aromatic carbocycles. The molecule has 3 heterocycles. The lowest BCUT2D eigenvalue weighted by molar-refractivity contribution is -0.132. The predicted octanol–water partition coefficient (Wildman–Crippen LogP) is 3.01. The van der Waals surface area contributed by atoms with Crippen LogP contribution in [0.1, 0.15) is 16.2 Å². The van der Waals surface area contributed by atoms with Crippen LogP contribution in [0.3, 0.4) is 0 Å². The van der Waals surface area contributed by atoms with Gasteiger partial charge in [0.1, 0.15) is 0 Å². The van der Waals surface area contributed by atoms with Crippen molar-refractivity contribution in [3.63, 3.8) is 0 Å². The van der Waals surface area contributed by atoms with E-state index in [1.807, 2.05) is 35.7 Å². The first-order chi connectivity index (χ1) is 13.7. The molecule has 4 rings (SSSR count). The average molecular weight is 396 g/mol. The molecule has 1 aliphatic heterocycles. The van der Waals surface area contributed by atoms with Crippen LogP contribution in [0.2, 0.25) is 0 Å². The molecule has 0 spiro atoms. The number of piperazine rings is 1. The molecule has 1 saturated heterocycles. The van der Waals surface area contributed by atoms with Crippen molar-refractivity contribution >= 4 is 34.0 Å². The van der Waals surface area contributed by atoms with Gasteiger partial charge >= 0.3 is 0 Å². The lowest BCUT2D eigenvalue weighted by Gasteiger charge is -2.34. The van der Waals surface area contributed by atoms with Gasteiger partial charge in [0.15, 0.2) is 10.9 Å². The van der Waals surface area contributed by atoms with Crippen LogP contribution in [0.5, 0.6) is 0 Å². The Hall–Kier alpha value is -3.13. The highest BCUT2D eigenvalue weighted by Crippen LogP contribution is 2.21. The molecular weight excluding hydrogens is 376 g/mol. The lowest BCUT2D eigenvalue weighted by Crippen LogP contribution is -2.50. The summed E-state index contributed by atoms with van der Waals surface area (Å²) in [5.74, 6) is 0.232. The van der Waals surface area contributed by atoms with Gasteiger partial charge in [-0.05, 0) is 24.3 Å². The summed E-state index contributed by atoms with van der Waals surface area (Å²) in [5, 5.41) is 5.91. The largest absolute Gasteiger partial charge is 0.459 e. The van der Waals surface area contributed by atoms with Crippen LogP contribution in [0, 0.1) is 0 Å². The number of anilines is 2.